The van der Waals surface area contributed by atoms with Crippen LogP contribution in [0.5, 0.6) is 0 Å². The molecule has 0 saturated heterocycles. The quantitative estimate of drug-likeness (QED) is 0.0799. The van der Waals surface area contributed by atoms with Gasteiger partial charge in [0.1, 0.15) is 0 Å². The Kier molecular flexibility index (Phi) is 27.5. The number of halogens is 3. The number of allylic oxidation sites excluding steroid dienone is 3. The van der Waals surface area contributed by atoms with Crippen LogP contribution >= 0.6 is 42.1 Å². The summed E-state index contributed by atoms with van der Waals surface area (Å²) in [7, 11) is -1.48. The molecule has 0 radical (unpaired) electrons. The number of rotatable bonds is 25. The molecule has 0 aromatic heterocycles. The van der Waals surface area contributed by atoms with Gasteiger partial charge in [-0.1, -0.05) is 51.9 Å². The van der Waals surface area contributed by atoms with Crippen molar-refractivity contribution < 1.29 is 0 Å². The summed E-state index contributed by atoms with van der Waals surface area (Å²) in [4.78, 5) is 0. The molecule has 0 unspecified atom stereocenters. The first-order chi connectivity index (χ1) is 16.2. The molecular formula is C29H54Cl3P. The van der Waals surface area contributed by atoms with Crippen LogP contribution in [0.1, 0.15) is 122 Å². The Labute approximate surface area is 223 Å². The van der Waals surface area contributed by atoms with E-state index in [1.165, 1.54) is 122 Å². The molecule has 196 valence electrons. The van der Waals surface area contributed by atoms with Gasteiger partial charge in [-0.2, -0.15) is 0 Å². The Morgan fingerprint density at radius 2 is 0.697 bits per heavy atom. The van der Waals surface area contributed by atoms with Crippen molar-refractivity contribution in [1.29, 1.82) is 0 Å². The summed E-state index contributed by atoms with van der Waals surface area (Å²) in [6.45, 7) is 2.29. The first-order valence-electron chi connectivity index (χ1n) is 14.0. The Morgan fingerprint density at radius 1 is 0.424 bits per heavy atom. The van der Waals surface area contributed by atoms with E-state index in [0.29, 0.717) is 0 Å². The zero-order valence-electron chi connectivity index (χ0n) is 21.7. The van der Waals surface area contributed by atoms with Crippen molar-refractivity contribution in [3.63, 3.8) is 0 Å². The molecular weight excluding hydrogens is 486 g/mol. The molecule has 0 spiro atoms. The number of hydrogen-bond acceptors (Lipinski definition) is 0. The molecule has 0 N–H and O–H groups in total. The molecule has 0 heterocycles. The summed E-state index contributed by atoms with van der Waals surface area (Å²) in [5, 5.41) is 0. The van der Waals surface area contributed by atoms with Gasteiger partial charge in [0.05, 0.1) is 0 Å². The maximum absolute atomic E-state index is 5.84. The van der Waals surface area contributed by atoms with Crippen molar-refractivity contribution >= 4 is 42.1 Å². The summed E-state index contributed by atoms with van der Waals surface area (Å²) >= 11 is 17.5. The molecule has 0 aromatic rings. The van der Waals surface area contributed by atoms with Gasteiger partial charge in [-0.3, -0.25) is 0 Å². The van der Waals surface area contributed by atoms with Crippen LogP contribution in [0, 0.1) is 0 Å². The van der Waals surface area contributed by atoms with Gasteiger partial charge in [0.25, 0.3) is 0 Å². The van der Waals surface area contributed by atoms with E-state index in [-0.39, 0.29) is 0 Å². The molecule has 0 atom stereocenters. The van der Waals surface area contributed by atoms with E-state index in [1.807, 2.05) is 0 Å². The second-order valence-corrected chi connectivity index (χ2v) is 15.4. The fraction of sp³-hybridized carbons (Fsp3) is 0.793. The molecule has 33 heavy (non-hydrogen) atoms. The van der Waals surface area contributed by atoms with Crippen molar-refractivity contribution in [3.8, 4) is 0 Å². The molecule has 0 aliphatic carbocycles. The molecule has 0 amide bonds. The minimum absolute atomic E-state index is 1.11. The molecule has 4 heteroatoms. The maximum atomic E-state index is 5.84. The summed E-state index contributed by atoms with van der Waals surface area (Å²) in [5.74, 6) is 0. The predicted octanol–water partition coefficient (Wildman–Crippen LogP) is 12.0. The molecule has 0 aliphatic rings. The van der Waals surface area contributed by atoms with Crippen molar-refractivity contribution in [2.75, 3.05) is 24.6 Å². The fourth-order valence-corrected chi connectivity index (χ4v) is 9.52. The fourth-order valence-electron chi connectivity index (χ4n) is 4.84. The van der Waals surface area contributed by atoms with E-state index in [2.05, 4.69) is 25.2 Å². The van der Waals surface area contributed by atoms with Crippen LogP contribution < -0.4 is 0 Å². The van der Waals surface area contributed by atoms with E-state index < -0.39 is 7.26 Å². The number of unbranched alkanes of at least 4 members (excludes halogenated alkanes) is 17. The van der Waals surface area contributed by atoms with Gasteiger partial charge in [0.15, 0.2) is 0 Å². The average Bonchev–Trinajstić information content (AvgIpc) is 2.83. The van der Waals surface area contributed by atoms with Gasteiger partial charge in [-0.05, 0) is 0 Å². The Hall–Kier alpha value is 0.520. The topological polar surface area (TPSA) is 0 Å². The first-order valence-corrected chi connectivity index (χ1v) is 18.1. The van der Waals surface area contributed by atoms with Crippen LogP contribution in [0.3, 0.4) is 0 Å². The minimum atomic E-state index is -1.48. The SMILES string of the molecule is CCCCCCCCCCCCCCCCCCCC[PH](CC=CCl)(CC=CCl)CC=CCl. The van der Waals surface area contributed by atoms with Crippen molar-refractivity contribution in [2.24, 2.45) is 0 Å². The Balaban J connectivity index is 3.69. The molecule has 0 fully saturated rings. The molecule has 0 bridgehead atoms. The summed E-state index contributed by atoms with van der Waals surface area (Å²) in [5.41, 5.74) is 5.02. The Bertz CT molecular complexity index is 437. The normalized spacial score (nSPS) is 13.2. The van der Waals surface area contributed by atoms with Crippen molar-refractivity contribution in [3.05, 3.63) is 34.8 Å². The molecule has 0 saturated carbocycles. The first kappa shape index (κ1) is 33.5. The predicted molar refractivity (Wildman–Crippen MR) is 162 cm³/mol. The van der Waals surface area contributed by atoms with Crippen LogP contribution in [0.4, 0.5) is 0 Å². The van der Waals surface area contributed by atoms with Crippen LogP contribution in [-0.2, 0) is 0 Å². The van der Waals surface area contributed by atoms with E-state index in [1.54, 1.807) is 16.6 Å². The van der Waals surface area contributed by atoms with Gasteiger partial charge in [0.2, 0.25) is 0 Å². The van der Waals surface area contributed by atoms with Crippen LogP contribution in [-0.4, -0.2) is 24.6 Å². The summed E-state index contributed by atoms with van der Waals surface area (Å²) in [6, 6.07) is 0. The van der Waals surface area contributed by atoms with Gasteiger partial charge in [-0.15, -0.1) is 0 Å². The van der Waals surface area contributed by atoms with Crippen LogP contribution in [0.25, 0.3) is 0 Å². The van der Waals surface area contributed by atoms with Gasteiger partial charge < -0.3 is 0 Å². The summed E-state index contributed by atoms with van der Waals surface area (Å²) < 4.78 is 0. The Morgan fingerprint density at radius 3 is 0.970 bits per heavy atom. The third-order valence-electron chi connectivity index (χ3n) is 6.98. The second kappa shape index (κ2) is 27.1. The average molecular weight is 540 g/mol. The van der Waals surface area contributed by atoms with E-state index in [9.17, 15) is 0 Å². The number of hydrogen-bond donors (Lipinski definition) is 0. The van der Waals surface area contributed by atoms with E-state index >= 15 is 0 Å². The third-order valence-corrected chi connectivity index (χ3v) is 12.2. The monoisotopic (exact) mass is 538 g/mol. The van der Waals surface area contributed by atoms with E-state index in [0.717, 1.165) is 18.5 Å². The van der Waals surface area contributed by atoms with Crippen LogP contribution in [0.15, 0.2) is 34.8 Å². The molecule has 0 rings (SSSR count). The van der Waals surface area contributed by atoms with E-state index in [4.69, 9.17) is 34.8 Å². The third kappa shape index (κ3) is 22.7. The standard InChI is InChI=1S/C29H54Cl3P/c1-2-3-4-5-6-7-8-9-10-11-12-13-14-15-16-17-18-19-26-33(27-20-23-30,28-21-24-31)29-22-25-32/h20-25,33H,2-19,26-29H2,1H3. The van der Waals surface area contributed by atoms with Gasteiger partial charge in [-0.25, -0.2) is 0 Å². The van der Waals surface area contributed by atoms with Crippen molar-refractivity contribution in [1.82, 2.24) is 0 Å². The second-order valence-electron chi connectivity index (χ2n) is 9.96. The zero-order valence-corrected chi connectivity index (χ0v) is 24.9. The van der Waals surface area contributed by atoms with Crippen LogP contribution in [0.2, 0.25) is 0 Å². The summed E-state index contributed by atoms with van der Waals surface area (Å²) in [6.07, 6.45) is 36.7. The molecule has 0 nitrogen and oxygen atoms in total. The van der Waals surface area contributed by atoms with Gasteiger partial charge in [0, 0.05) is 0 Å². The molecule has 0 aliphatic heterocycles. The van der Waals surface area contributed by atoms with Crippen molar-refractivity contribution in [2.45, 2.75) is 122 Å². The zero-order chi connectivity index (χ0) is 24.3. The molecule has 0 aromatic carbocycles. The van der Waals surface area contributed by atoms with Gasteiger partial charge >= 0.3 is 172 Å².